The largest absolute Gasteiger partial charge is 0.478 e. The first kappa shape index (κ1) is 12.1. The molecule has 0 amide bonds. The fourth-order valence-corrected chi connectivity index (χ4v) is 3.00. The van der Waals surface area contributed by atoms with Crippen molar-refractivity contribution in [3.05, 3.63) is 35.4 Å². The summed E-state index contributed by atoms with van der Waals surface area (Å²) in [4.78, 5) is 3.99. The Bertz CT molecular complexity index is 517. The second-order valence-electron chi connectivity index (χ2n) is 4.14. The minimum Gasteiger partial charge on any atom is -0.478 e. The van der Waals surface area contributed by atoms with Crippen molar-refractivity contribution in [1.82, 2.24) is 0 Å². The number of rotatable bonds is 4. The topological polar surface area (TPSA) is 55.7 Å². The van der Waals surface area contributed by atoms with E-state index in [1.54, 1.807) is 0 Å². The number of nitrogens with zero attached hydrogens (tertiary/aromatic N) is 1. The lowest BCUT2D eigenvalue weighted by molar-refractivity contribution is 0.345. The van der Waals surface area contributed by atoms with Gasteiger partial charge < -0.3 is 4.74 Å². The van der Waals surface area contributed by atoms with Gasteiger partial charge in [-0.3, -0.25) is 4.99 Å². The van der Waals surface area contributed by atoms with Crippen molar-refractivity contribution in [2.75, 3.05) is 18.9 Å². The van der Waals surface area contributed by atoms with Crippen molar-refractivity contribution in [2.45, 2.75) is 12.7 Å². The zero-order valence-corrected chi connectivity index (χ0v) is 10.5. The molecule has 1 aromatic carbocycles. The summed E-state index contributed by atoms with van der Waals surface area (Å²) in [5, 5.41) is 0. The molecule has 0 radical (unpaired) electrons. The number of aryl methyl sites for hydroxylation is 1. The van der Waals surface area contributed by atoms with Crippen LogP contribution in [0.1, 0.15) is 11.1 Å². The van der Waals surface area contributed by atoms with E-state index in [4.69, 9.17) is 4.74 Å². The number of aliphatic imine (C=N–C) groups is 1. The highest BCUT2D eigenvalue weighted by Gasteiger charge is 2.19. The minimum atomic E-state index is -3.19. The van der Waals surface area contributed by atoms with Crippen molar-refractivity contribution in [3.8, 4) is 0 Å². The average molecular weight is 253 g/mol. The number of hydrogen-bond acceptors (Lipinski definition) is 4. The summed E-state index contributed by atoms with van der Waals surface area (Å²) in [6.45, 7) is 3.03. The molecule has 0 N–H and O–H groups in total. The molecule has 4 nitrogen and oxygen atoms in total. The third kappa shape index (κ3) is 3.56. The van der Waals surface area contributed by atoms with Gasteiger partial charge in [0.25, 0.3) is 0 Å². The van der Waals surface area contributed by atoms with Gasteiger partial charge in [0.1, 0.15) is 12.4 Å². The van der Waals surface area contributed by atoms with E-state index >= 15 is 0 Å². The normalized spacial score (nSPS) is 15.5. The fourth-order valence-electron chi connectivity index (χ4n) is 1.64. The predicted molar refractivity (Wildman–Crippen MR) is 66.9 cm³/mol. The lowest BCUT2D eigenvalue weighted by Gasteiger charge is -2.05. The van der Waals surface area contributed by atoms with Crippen LogP contribution < -0.4 is 0 Å². The van der Waals surface area contributed by atoms with Gasteiger partial charge in [-0.2, -0.15) is 0 Å². The first-order valence-electron chi connectivity index (χ1n) is 5.47. The van der Waals surface area contributed by atoms with Gasteiger partial charge in [-0.1, -0.05) is 29.8 Å². The summed E-state index contributed by atoms with van der Waals surface area (Å²) in [5.74, 6) is 0.286. The van der Waals surface area contributed by atoms with E-state index in [1.807, 2.05) is 31.2 Å². The molecule has 1 aliphatic rings. The zero-order chi connectivity index (χ0) is 12.3. The Morgan fingerprint density at radius 3 is 2.53 bits per heavy atom. The Hall–Kier alpha value is -1.36. The molecular formula is C12H15NO3S. The van der Waals surface area contributed by atoms with Gasteiger partial charge in [-0.25, -0.2) is 8.42 Å². The maximum absolute atomic E-state index is 11.9. The van der Waals surface area contributed by atoms with Gasteiger partial charge in [0.15, 0.2) is 15.7 Å². The summed E-state index contributed by atoms with van der Waals surface area (Å²) < 4.78 is 28.9. The molecule has 0 atom stereocenters. The lowest BCUT2D eigenvalue weighted by atomic mass is 10.2. The zero-order valence-electron chi connectivity index (χ0n) is 9.72. The van der Waals surface area contributed by atoms with Crippen molar-refractivity contribution in [3.63, 3.8) is 0 Å². The van der Waals surface area contributed by atoms with Crippen LogP contribution in [0.5, 0.6) is 0 Å². The maximum Gasteiger partial charge on any atom is 0.198 e. The maximum atomic E-state index is 11.9. The molecule has 1 heterocycles. The second-order valence-corrected chi connectivity index (χ2v) is 6.21. The molecule has 2 rings (SSSR count). The van der Waals surface area contributed by atoms with E-state index < -0.39 is 9.84 Å². The van der Waals surface area contributed by atoms with Crippen LogP contribution >= 0.6 is 0 Å². The average Bonchev–Trinajstić information content (AvgIpc) is 2.73. The van der Waals surface area contributed by atoms with Crippen LogP contribution in [0.4, 0.5) is 0 Å². The third-order valence-corrected chi connectivity index (χ3v) is 3.96. The Morgan fingerprint density at radius 2 is 1.94 bits per heavy atom. The number of ether oxygens (including phenoxy) is 1. The van der Waals surface area contributed by atoms with E-state index in [0.717, 1.165) is 11.1 Å². The Kier molecular flexibility index (Phi) is 3.47. The lowest BCUT2D eigenvalue weighted by Crippen LogP contribution is -2.18. The third-order valence-electron chi connectivity index (χ3n) is 2.50. The van der Waals surface area contributed by atoms with E-state index in [0.29, 0.717) is 19.0 Å². The van der Waals surface area contributed by atoms with Crippen LogP contribution in [0.3, 0.4) is 0 Å². The number of hydrogen-bond donors (Lipinski definition) is 0. The molecule has 0 spiro atoms. The first-order valence-corrected chi connectivity index (χ1v) is 7.29. The highest BCUT2D eigenvalue weighted by molar-refractivity contribution is 7.91. The van der Waals surface area contributed by atoms with Crippen molar-refractivity contribution >= 4 is 15.7 Å². The number of sulfone groups is 1. The van der Waals surface area contributed by atoms with E-state index in [1.165, 1.54) is 0 Å². The summed E-state index contributed by atoms with van der Waals surface area (Å²) >= 11 is 0. The summed E-state index contributed by atoms with van der Waals surface area (Å²) in [6.07, 6.45) is 0. The van der Waals surface area contributed by atoms with E-state index in [2.05, 4.69) is 4.99 Å². The Balaban J connectivity index is 2.04. The summed E-state index contributed by atoms with van der Waals surface area (Å²) in [7, 11) is -3.19. The molecule has 0 fully saturated rings. The smallest absolute Gasteiger partial charge is 0.198 e. The molecule has 0 bridgehead atoms. The van der Waals surface area contributed by atoms with Gasteiger partial charge in [0.05, 0.1) is 12.3 Å². The van der Waals surface area contributed by atoms with Crippen molar-refractivity contribution < 1.29 is 13.2 Å². The Morgan fingerprint density at radius 1 is 1.24 bits per heavy atom. The van der Waals surface area contributed by atoms with Crippen molar-refractivity contribution in [1.29, 1.82) is 0 Å². The van der Waals surface area contributed by atoms with Crippen LogP contribution in [0.15, 0.2) is 29.3 Å². The standard InChI is InChI=1S/C12H15NO3S/c1-10-2-4-11(5-3-10)8-17(14,15)9-12-13-6-7-16-12/h2-5H,6-9H2,1H3. The quantitative estimate of drug-likeness (QED) is 0.813. The molecule has 17 heavy (non-hydrogen) atoms. The molecule has 92 valence electrons. The highest BCUT2D eigenvalue weighted by atomic mass is 32.2. The first-order chi connectivity index (χ1) is 8.05. The monoisotopic (exact) mass is 253 g/mol. The van der Waals surface area contributed by atoms with Gasteiger partial charge in [0.2, 0.25) is 0 Å². The Labute approximate surface area is 101 Å². The van der Waals surface area contributed by atoms with Crippen LogP contribution in [-0.2, 0) is 20.3 Å². The SMILES string of the molecule is Cc1ccc(CS(=O)(=O)CC2=NCCO2)cc1. The van der Waals surface area contributed by atoms with Crippen LogP contribution in [-0.4, -0.2) is 33.2 Å². The van der Waals surface area contributed by atoms with Gasteiger partial charge in [-0.15, -0.1) is 0 Å². The molecule has 0 unspecified atom stereocenters. The summed E-state index contributed by atoms with van der Waals surface area (Å²) in [6, 6.07) is 7.50. The second kappa shape index (κ2) is 4.87. The van der Waals surface area contributed by atoms with Crippen LogP contribution in [0, 0.1) is 6.92 Å². The van der Waals surface area contributed by atoms with Crippen LogP contribution in [0.2, 0.25) is 0 Å². The predicted octanol–water partition coefficient (Wildman–Crippen LogP) is 1.34. The molecule has 0 aliphatic carbocycles. The van der Waals surface area contributed by atoms with E-state index in [9.17, 15) is 8.42 Å². The van der Waals surface area contributed by atoms with Gasteiger partial charge in [-0.05, 0) is 12.5 Å². The molecule has 5 heteroatoms. The summed E-state index contributed by atoms with van der Waals surface area (Å²) in [5.41, 5.74) is 1.92. The molecule has 1 aromatic rings. The fraction of sp³-hybridized carbons (Fsp3) is 0.417. The van der Waals surface area contributed by atoms with Gasteiger partial charge >= 0.3 is 0 Å². The van der Waals surface area contributed by atoms with E-state index in [-0.39, 0.29) is 11.5 Å². The number of benzene rings is 1. The highest BCUT2D eigenvalue weighted by Crippen LogP contribution is 2.10. The molecule has 0 aromatic heterocycles. The minimum absolute atomic E-state index is 0.0374. The van der Waals surface area contributed by atoms with Crippen molar-refractivity contribution in [2.24, 2.45) is 4.99 Å². The van der Waals surface area contributed by atoms with Gasteiger partial charge in [0, 0.05) is 0 Å². The molecule has 0 saturated heterocycles. The molecular weight excluding hydrogens is 238 g/mol. The molecule has 0 saturated carbocycles. The van der Waals surface area contributed by atoms with Crippen LogP contribution in [0.25, 0.3) is 0 Å². The molecule has 1 aliphatic heterocycles.